The summed E-state index contributed by atoms with van der Waals surface area (Å²) in [4.78, 5) is 34.5. The van der Waals surface area contributed by atoms with Crippen LogP contribution in [0.2, 0.25) is 5.02 Å². The van der Waals surface area contributed by atoms with E-state index in [9.17, 15) is 9.59 Å². The fourth-order valence-electron chi connectivity index (χ4n) is 4.39. The minimum Gasteiger partial charge on any atom is -0.496 e. The number of ether oxygens (including phenoxy) is 2. The third kappa shape index (κ3) is 4.58. The number of halogens is 1. The topological polar surface area (TPSA) is 73.1 Å². The molecule has 0 fully saturated rings. The molecule has 4 rings (SSSR count). The zero-order chi connectivity index (χ0) is 26.0. The Labute approximate surface area is 218 Å². The molecule has 0 aliphatic carbocycles. The van der Waals surface area contributed by atoms with Crippen LogP contribution >= 0.6 is 22.9 Å². The van der Waals surface area contributed by atoms with Crippen LogP contribution in [0, 0.1) is 0 Å². The Morgan fingerprint density at radius 1 is 1.14 bits per heavy atom. The van der Waals surface area contributed by atoms with Crippen LogP contribution in [0.4, 0.5) is 0 Å². The van der Waals surface area contributed by atoms with Gasteiger partial charge in [0, 0.05) is 18.7 Å². The van der Waals surface area contributed by atoms with Gasteiger partial charge in [-0.2, -0.15) is 0 Å². The average Bonchev–Trinajstić information content (AvgIpc) is 3.18. The van der Waals surface area contributed by atoms with E-state index in [0.29, 0.717) is 50.2 Å². The first-order valence-electron chi connectivity index (χ1n) is 11.6. The Morgan fingerprint density at radius 3 is 2.47 bits per heavy atom. The minimum atomic E-state index is -0.674. The molecule has 1 atom stereocenters. The van der Waals surface area contributed by atoms with Crippen LogP contribution in [-0.4, -0.2) is 42.7 Å². The number of likely N-dealkylation sites (N-methyl/N-ethyl adjacent to an activating group) is 1. The molecule has 0 bridgehead atoms. The Balaban J connectivity index is 1.97. The normalized spacial score (nSPS) is 15.4. The second-order valence-electron chi connectivity index (χ2n) is 8.20. The first kappa shape index (κ1) is 25.7. The molecule has 7 nitrogen and oxygen atoms in total. The molecule has 1 amide bonds. The molecule has 0 spiro atoms. The van der Waals surface area contributed by atoms with Crippen molar-refractivity contribution in [2.24, 2.45) is 4.99 Å². The summed E-state index contributed by atoms with van der Waals surface area (Å²) in [6.07, 6.45) is 1.78. The maximum atomic E-state index is 13.8. The van der Waals surface area contributed by atoms with Crippen molar-refractivity contribution in [3.63, 3.8) is 0 Å². The van der Waals surface area contributed by atoms with Crippen LogP contribution < -0.4 is 24.4 Å². The molecule has 1 aliphatic heterocycles. The number of fused-ring (bicyclic) bond motifs is 1. The Bertz CT molecular complexity index is 1520. The number of aromatic nitrogens is 1. The van der Waals surface area contributed by atoms with Gasteiger partial charge >= 0.3 is 0 Å². The third-order valence-corrected chi connectivity index (χ3v) is 7.49. The lowest BCUT2D eigenvalue weighted by atomic mass is 9.94. The molecular weight excluding hydrogens is 498 g/mol. The summed E-state index contributed by atoms with van der Waals surface area (Å²) in [6, 6.07) is 12.1. The average molecular weight is 526 g/mol. The molecule has 9 heteroatoms. The van der Waals surface area contributed by atoms with Crippen LogP contribution in [0.25, 0.3) is 6.08 Å². The smallest absolute Gasteiger partial charge is 0.271 e. The van der Waals surface area contributed by atoms with E-state index in [2.05, 4.69) is 0 Å². The second-order valence-corrected chi connectivity index (χ2v) is 9.61. The van der Waals surface area contributed by atoms with Crippen LogP contribution in [0.15, 0.2) is 63.5 Å². The zero-order valence-electron chi connectivity index (χ0n) is 20.9. The van der Waals surface area contributed by atoms with E-state index in [4.69, 9.17) is 26.1 Å². The lowest BCUT2D eigenvalue weighted by molar-refractivity contribution is -0.127. The van der Waals surface area contributed by atoms with Gasteiger partial charge in [-0.15, -0.1) is 0 Å². The molecule has 188 valence electrons. The highest BCUT2D eigenvalue weighted by atomic mass is 35.5. The number of para-hydroxylation sites is 1. The van der Waals surface area contributed by atoms with E-state index >= 15 is 0 Å². The molecule has 2 heterocycles. The number of allylic oxidation sites excluding steroid dienone is 1. The fraction of sp³-hybridized carbons (Fsp3) is 0.296. The van der Waals surface area contributed by atoms with Gasteiger partial charge in [-0.1, -0.05) is 47.2 Å². The lowest BCUT2D eigenvalue weighted by Gasteiger charge is -2.29. The van der Waals surface area contributed by atoms with Gasteiger partial charge in [-0.3, -0.25) is 14.2 Å². The van der Waals surface area contributed by atoms with Gasteiger partial charge in [-0.05, 0) is 50.6 Å². The second kappa shape index (κ2) is 10.7. The molecule has 0 radical (unpaired) electrons. The van der Waals surface area contributed by atoms with Gasteiger partial charge in [0.1, 0.15) is 17.5 Å². The van der Waals surface area contributed by atoms with E-state index in [0.717, 1.165) is 11.1 Å². The molecule has 36 heavy (non-hydrogen) atoms. The van der Waals surface area contributed by atoms with Crippen molar-refractivity contribution in [2.45, 2.75) is 26.8 Å². The van der Waals surface area contributed by atoms with Crippen molar-refractivity contribution in [2.75, 3.05) is 27.3 Å². The van der Waals surface area contributed by atoms with Crippen molar-refractivity contribution in [1.82, 2.24) is 9.47 Å². The van der Waals surface area contributed by atoms with E-state index in [-0.39, 0.29) is 11.5 Å². The minimum absolute atomic E-state index is 0.145. The van der Waals surface area contributed by atoms with E-state index < -0.39 is 6.04 Å². The molecule has 1 aliphatic rings. The molecule has 2 aromatic carbocycles. The number of hydrogen-bond acceptors (Lipinski definition) is 6. The van der Waals surface area contributed by atoms with Gasteiger partial charge in [0.15, 0.2) is 4.80 Å². The number of thiazole rings is 1. The van der Waals surface area contributed by atoms with E-state index in [1.54, 1.807) is 41.9 Å². The van der Waals surface area contributed by atoms with Crippen LogP contribution in [0.3, 0.4) is 0 Å². The highest BCUT2D eigenvalue weighted by molar-refractivity contribution is 7.07. The SMILES string of the molecule is CCN(CC)C(=O)C1=C(C)N=c2s/c(=C\c3ccc(OC)c(Cl)c3)c(=O)n2[C@H]1c1ccccc1OC. The Hall–Kier alpha value is -3.36. The lowest BCUT2D eigenvalue weighted by Crippen LogP contribution is -2.43. The quantitative estimate of drug-likeness (QED) is 0.470. The first-order valence-corrected chi connectivity index (χ1v) is 12.8. The van der Waals surface area contributed by atoms with Gasteiger partial charge in [0.05, 0.1) is 35.0 Å². The molecule has 0 N–H and O–H groups in total. The molecule has 3 aromatic rings. The number of hydrogen-bond donors (Lipinski definition) is 0. The molecule has 1 aromatic heterocycles. The standard InChI is InChI=1S/C27H28ClN3O4S/c1-6-30(7-2)26(33)23-16(3)29-27-31(24(23)18-10-8-9-11-20(18)34-4)25(32)22(36-27)15-17-12-13-21(35-5)19(28)14-17/h8-15,24H,6-7H2,1-5H3/b22-15-/t24-/m0/s1. The largest absolute Gasteiger partial charge is 0.496 e. The summed E-state index contributed by atoms with van der Waals surface area (Å²) in [7, 11) is 3.13. The fourth-order valence-corrected chi connectivity index (χ4v) is 5.70. The van der Waals surface area contributed by atoms with Gasteiger partial charge in [0.2, 0.25) is 0 Å². The summed E-state index contributed by atoms with van der Waals surface area (Å²) >= 11 is 7.57. The summed E-state index contributed by atoms with van der Waals surface area (Å²) in [5.41, 5.74) is 2.30. The molecule has 0 saturated heterocycles. The summed E-state index contributed by atoms with van der Waals surface area (Å²) in [5, 5.41) is 0.453. The molecule has 0 unspecified atom stereocenters. The summed E-state index contributed by atoms with van der Waals surface area (Å²) in [6.45, 7) is 6.79. The van der Waals surface area contributed by atoms with Gasteiger partial charge in [-0.25, -0.2) is 4.99 Å². The number of rotatable bonds is 7. The maximum Gasteiger partial charge on any atom is 0.271 e. The van der Waals surface area contributed by atoms with Crippen molar-refractivity contribution in [1.29, 1.82) is 0 Å². The van der Waals surface area contributed by atoms with Crippen LogP contribution in [0.5, 0.6) is 11.5 Å². The number of carbonyl (C=O) groups is 1. The van der Waals surface area contributed by atoms with Crippen molar-refractivity contribution in [3.8, 4) is 11.5 Å². The molecule has 0 saturated carbocycles. The highest BCUT2D eigenvalue weighted by Gasteiger charge is 2.35. The van der Waals surface area contributed by atoms with Gasteiger partial charge < -0.3 is 14.4 Å². The Morgan fingerprint density at radius 2 is 1.83 bits per heavy atom. The number of nitrogens with zero attached hydrogens (tertiary/aromatic N) is 3. The molecular formula is C27H28ClN3O4S. The third-order valence-electron chi connectivity index (χ3n) is 6.21. The van der Waals surface area contributed by atoms with Crippen molar-refractivity contribution in [3.05, 3.63) is 89.6 Å². The van der Waals surface area contributed by atoms with Crippen molar-refractivity contribution < 1.29 is 14.3 Å². The maximum absolute atomic E-state index is 13.8. The van der Waals surface area contributed by atoms with Gasteiger partial charge in [0.25, 0.3) is 11.5 Å². The summed E-state index contributed by atoms with van der Waals surface area (Å²) in [5.74, 6) is 1.01. The van der Waals surface area contributed by atoms with E-state index in [1.165, 1.54) is 11.3 Å². The monoisotopic (exact) mass is 525 g/mol. The number of benzene rings is 2. The number of methoxy groups -OCH3 is 2. The zero-order valence-corrected chi connectivity index (χ0v) is 22.4. The van der Waals surface area contributed by atoms with Crippen molar-refractivity contribution >= 4 is 34.9 Å². The van der Waals surface area contributed by atoms with E-state index in [1.807, 2.05) is 51.1 Å². The van der Waals surface area contributed by atoms with Crippen LogP contribution in [0.1, 0.15) is 37.9 Å². The Kier molecular flexibility index (Phi) is 7.66. The summed E-state index contributed by atoms with van der Waals surface area (Å²) < 4.78 is 13.0. The highest BCUT2D eigenvalue weighted by Crippen LogP contribution is 2.36. The van der Waals surface area contributed by atoms with Crippen LogP contribution in [-0.2, 0) is 4.79 Å². The first-order chi connectivity index (χ1) is 17.3. The number of carbonyl (C=O) groups excluding carboxylic acids is 1. The predicted octanol–water partition coefficient (Wildman–Crippen LogP) is 3.77. The predicted molar refractivity (Wildman–Crippen MR) is 143 cm³/mol. The number of amides is 1.